The highest BCUT2D eigenvalue weighted by Gasteiger charge is 1.97. The van der Waals surface area contributed by atoms with Crippen LogP contribution in [0.15, 0.2) is 10.2 Å². The van der Waals surface area contributed by atoms with E-state index in [0.717, 1.165) is 12.8 Å². The molecule has 0 aliphatic rings. The second kappa shape index (κ2) is 9.52. The van der Waals surface area contributed by atoms with Gasteiger partial charge in [0.1, 0.15) is 0 Å². The minimum Gasteiger partial charge on any atom is -0.389 e. The predicted octanol–water partition coefficient (Wildman–Crippen LogP) is 3.66. The Bertz CT molecular complexity index is 112. The van der Waals surface area contributed by atoms with Crippen LogP contribution in [0.5, 0.6) is 0 Å². The molecule has 0 aliphatic carbocycles. The maximum absolute atomic E-state index is 9.31. The number of halogens is 1. The Hall–Kier alpha value is 0.430. The van der Waals surface area contributed by atoms with E-state index in [2.05, 4.69) is 29.5 Å². The van der Waals surface area contributed by atoms with Crippen molar-refractivity contribution in [1.29, 1.82) is 0 Å². The molecule has 0 spiro atoms. The van der Waals surface area contributed by atoms with Gasteiger partial charge in [-0.3, -0.25) is 0 Å². The van der Waals surface area contributed by atoms with Crippen molar-refractivity contribution in [1.82, 2.24) is 0 Å². The molecule has 1 N–H and O–H groups in total. The number of hydrogen-bond donors (Lipinski definition) is 1. The van der Waals surface area contributed by atoms with Gasteiger partial charge in [-0.05, 0) is 10.5 Å². The molecule has 1 atom stereocenters. The van der Waals surface area contributed by atoms with Crippen LogP contribution in [0.25, 0.3) is 0 Å². The molecule has 1 unspecified atom stereocenters. The van der Waals surface area contributed by atoms with Crippen LogP contribution in [-0.4, -0.2) is 11.2 Å². The Morgan fingerprint density at radius 1 is 1.25 bits per heavy atom. The lowest BCUT2D eigenvalue weighted by atomic mass is 10.1. The molecule has 0 aromatic heterocycles. The van der Waals surface area contributed by atoms with Gasteiger partial charge in [-0.15, -0.1) is 0 Å². The van der Waals surface area contributed by atoms with E-state index in [1.165, 1.54) is 25.7 Å². The minimum atomic E-state index is -0.219. The summed E-state index contributed by atoms with van der Waals surface area (Å²) in [5.41, 5.74) is 0. The Balaban J connectivity index is 3.08. The molecule has 1 nitrogen and oxygen atoms in total. The molecule has 0 aromatic rings. The maximum Gasteiger partial charge on any atom is 0.0728 e. The van der Waals surface area contributed by atoms with Gasteiger partial charge in [0.2, 0.25) is 0 Å². The van der Waals surface area contributed by atoms with Gasteiger partial charge in [-0.2, -0.15) is 0 Å². The third kappa shape index (κ3) is 8.53. The number of unbranched alkanes of at least 4 members (excludes halogenated alkanes) is 4. The molecule has 0 fully saturated rings. The quantitative estimate of drug-likeness (QED) is 0.558. The molecule has 12 heavy (non-hydrogen) atoms. The van der Waals surface area contributed by atoms with E-state index < -0.39 is 0 Å². The van der Waals surface area contributed by atoms with E-state index in [1.807, 2.05) is 10.2 Å². The van der Waals surface area contributed by atoms with Crippen molar-refractivity contribution in [2.75, 3.05) is 0 Å². The van der Waals surface area contributed by atoms with Crippen molar-refractivity contribution in [2.24, 2.45) is 0 Å². The van der Waals surface area contributed by atoms with Crippen LogP contribution in [0.1, 0.15) is 45.4 Å². The van der Waals surface area contributed by atoms with Crippen molar-refractivity contribution < 1.29 is 5.11 Å². The topological polar surface area (TPSA) is 20.2 Å². The summed E-state index contributed by atoms with van der Waals surface area (Å²) in [7, 11) is 0. The number of aliphatic hydroxyl groups is 1. The molecule has 0 aliphatic heterocycles. The third-order valence-corrected chi connectivity index (χ3v) is 2.31. The average Bonchev–Trinajstić information content (AvgIpc) is 2.05. The summed E-state index contributed by atoms with van der Waals surface area (Å²) in [6.07, 6.45) is 8.90. The molecule has 0 rings (SSSR count). The van der Waals surface area contributed by atoms with Crippen LogP contribution in [0, 0.1) is 0 Å². The lowest BCUT2D eigenvalue weighted by Gasteiger charge is -2.03. The average molecular weight is 282 g/mol. The third-order valence-electron chi connectivity index (χ3n) is 1.90. The Morgan fingerprint density at radius 2 is 1.92 bits per heavy atom. The molecule has 0 heterocycles. The van der Waals surface area contributed by atoms with Crippen molar-refractivity contribution in [2.45, 2.75) is 51.6 Å². The van der Waals surface area contributed by atoms with Crippen LogP contribution in [0.3, 0.4) is 0 Å². The van der Waals surface area contributed by atoms with Crippen LogP contribution in [0.2, 0.25) is 0 Å². The molecule has 0 amide bonds. The highest BCUT2D eigenvalue weighted by atomic mass is 127. The normalized spacial score (nSPS) is 13.9. The van der Waals surface area contributed by atoms with Gasteiger partial charge in [0, 0.05) is 0 Å². The zero-order valence-electron chi connectivity index (χ0n) is 7.80. The van der Waals surface area contributed by atoms with Crippen molar-refractivity contribution in [3.8, 4) is 0 Å². The molecule has 0 radical (unpaired) electrons. The van der Waals surface area contributed by atoms with Gasteiger partial charge in [-0.1, -0.05) is 67.7 Å². The summed E-state index contributed by atoms with van der Waals surface area (Å²) < 4.78 is 1.88. The molecule has 0 saturated carbocycles. The Morgan fingerprint density at radius 3 is 2.50 bits per heavy atom. The summed E-state index contributed by atoms with van der Waals surface area (Å²) in [5, 5.41) is 9.31. The van der Waals surface area contributed by atoms with E-state index >= 15 is 0 Å². The van der Waals surface area contributed by atoms with Gasteiger partial charge in [-0.25, -0.2) is 0 Å². The molecule has 2 heteroatoms. The number of hydrogen-bond acceptors (Lipinski definition) is 1. The minimum absolute atomic E-state index is 0.219. The van der Waals surface area contributed by atoms with Crippen LogP contribution in [0.4, 0.5) is 0 Å². The second-order valence-corrected chi connectivity index (χ2v) is 3.81. The largest absolute Gasteiger partial charge is 0.389 e. The fourth-order valence-corrected chi connectivity index (χ4v) is 1.62. The van der Waals surface area contributed by atoms with Gasteiger partial charge in [0.05, 0.1) is 6.10 Å². The second-order valence-electron chi connectivity index (χ2n) is 3.09. The first-order valence-electron chi connectivity index (χ1n) is 4.76. The summed E-state index contributed by atoms with van der Waals surface area (Å²) in [5.74, 6) is 0. The van der Waals surface area contributed by atoms with Gasteiger partial charge >= 0.3 is 0 Å². The predicted molar refractivity (Wildman–Crippen MR) is 62.5 cm³/mol. The lowest BCUT2D eigenvalue weighted by Crippen LogP contribution is -2.00. The summed E-state index contributed by atoms with van der Waals surface area (Å²) in [6, 6.07) is 0. The molecule has 72 valence electrons. The van der Waals surface area contributed by atoms with Gasteiger partial charge in [0.25, 0.3) is 0 Å². The Kier molecular flexibility index (Phi) is 9.86. The zero-order chi connectivity index (χ0) is 9.23. The van der Waals surface area contributed by atoms with E-state index in [9.17, 15) is 5.11 Å². The lowest BCUT2D eigenvalue weighted by molar-refractivity contribution is 0.208. The highest BCUT2D eigenvalue weighted by molar-refractivity contribution is 14.1. The highest BCUT2D eigenvalue weighted by Crippen LogP contribution is 2.08. The standard InChI is InChI=1S/C10H19IO/c1-2-3-4-5-6-7-10(12)8-9-11/h8-10,12H,2-7H2,1H3. The van der Waals surface area contributed by atoms with Crippen LogP contribution < -0.4 is 0 Å². The van der Waals surface area contributed by atoms with Crippen LogP contribution >= 0.6 is 22.6 Å². The molecule has 0 bridgehead atoms. The van der Waals surface area contributed by atoms with E-state index in [4.69, 9.17) is 0 Å². The van der Waals surface area contributed by atoms with Crippen molar-refractivity contribution in [3.05, 3.63) is 10.2 Å². The van der Waals surface area contributed by atoms with Crippen LogP contribution in [-0.2, 0) is 0 Å². The number of aliphatic hydroxyl groups excluding tert-OH is 1. The van der Waals surface area contributed by atoms with Crippen molar-refractivity contribution in [3.63, 3.8) is 0 Å². The summed E-state index contributed by atoms with van der Waals surface area (Å²) >= 11 is 2.14. The van der Waals surface area contributed by atoms with E-state index in [0.29, 0.717) is 0 Å². The number of rotatable bonds is 7. The monoisotopic (exact) mass is 282 g/mol. The fourth-order valence-electron chi connectivity index (χ4n) is 1.14. The molecule has 0 saturated heterocycles. The molecule has 0 aromatic carbocycles. The SMILES string of the molecule is CCCCCCCC(O)C=CI. The summed E-state index contributed by atoms with van der Waals surface area (Å²) in [6.45, 7) is 2.22. The first kappa shape index (κ1) is 12.4. The first-order chi connectivity index (χ1) is 5.81. The maximum atomic E-state index is 9.31. The van der Waals surface area contributed by atoms with E-state index in [-0.39, 0.29) is 6.10 Å². The first-order valence-corrected chi connectivity index (χ1v) is 6.00. The molecular weight excluding hydrogens is 263 g/mol. The Labute approximate surface area is 89.4 Å². The summed E-state index contributed by atoms with van der Waals surface area (Å²) in [4.78, 5) is 0. The fraction of sp³-hybridized carbons (Fsp3) is 0.800. The molecular formula is C10H19IO. The van der Waals surface area contributed by atoms with E-state index in [1.54, 1.807) is 0 Å². The zero-order valence-corrected chi connectivity index (χ0v) is 9.96. The van der Waals surface area contributed by atoms with Gasteiger partial charge < -0.3 is 5.11 Å². The van der Waals surface area contributed by atoms with Crippen molar-refractivity contribution >= 4 is 22.6 Å². The van der Waals surface area contributed by atoms with Gasteiger partial charge in [0.15, 0.2) is 0 Å². The smallest absolute Gasteiger partial charge is 0.0728 e.